The highest BCUT2D eigenvalue weighted by molar-refractivity contribution is 7.89. The van der Waals surface area contributed by atoms with Crippen LogP contribution in [0.4, 0.5) is 5.69 Å². The summed E-state index contributed by atoms with van der Waals surface area (Å²) >= 11 is 0. The predicted molar refractivity (Wildman–Crippen MR) is 85.4 cm³/mol. The summed E-state index contributed by atoms with van der Waals surface area (Å²) in [7, 11) is -4.11. The number of fused-ring (bicyclic) bond motifs is 1. The highest BCUT2D eigenvalue weighted by Crippen LogP contribution is 2.25. The van der Waals surface area contributed by atoms with Gasteiger partial charge in [-0.2, -0.15) is 9.78 Å². The zero-order chi connectivity index (χ0) is 17.5. The van der Waals surface area contributed by atoms with E-state index >= 15 is 0 Å². The maximum atomic E-state index is 12.5. The Balaban J connectivity index is 2.32. The lowest BCUT2D eigenvalue weighted by atomic mass is 10.2. The first kappa shape index (κ1) is 15.8. The fraction of sp³-hybridized carbons (Fsp3) is 0. The average Bonchev–Trinajstić information content (AvgIpc) is 2.54. The maximum absolute atomic E-state index is 12.5. The fourth-order valence-corrected chi connectivity index (χ4v) is 2.80. The molecular weight excluding hydrogens is 336 g/mol. The lowest BCUT2D eigenvalue weighted by molar-refractivity contribution is -0.384. The molecule has 0 unspecified atom stereocenters. The van der Waals surface area contributed by atoms with Crippen molar-refractivity contribution in [1.29, 1.82) is 0 Å². The van der Waals surface area contributed by atoms with Gasteiger partial charge in [0, 0.05) is 11.5 Å². The third kappa shape index (κ3) is 2.64. The standard InChI is InChI=1S/C14H10N4O5S/c15-24(22,23)10-5-6-12(13(7-10)18(20)21)17-14(19)11-4-2-1-3-9(11)8-16-17/h1-8H,(H2,15,22,23). The van der Waals surface area contributed by atoms with Gasteiger partial charge in [0.2, 0.25) is 10.0 Å². The van der Waals surface area contributed by atoms with Gasteiger partial charge in [-0.1, -0.05) is 18.2 Å². The van der Waals surface area contributed by atoms with E-state index in [1.54, 1.807) is 24.3 Å². The summed E-state index contributed by atoms with van der Waals surface area (Å²) in [6.07, 6.45) is 1.40. The van der Waals surface area contributed by atoms with Gasteiger partial charge in [0.05, 0.1) is 21.4 Å². The second-order valence-electron chi connectivity index (χ2n) is 4.90. The molecule has 0 atom stereocenters. The molecule has 0 saturated carbocycles. The number of hydrogen-bond acceptors (Lipinski definition) is 6. The second-order valence-corrected chi connectivity index (χ2v) is 6.46. The summed E-state index contributed by atoms with van der Waals surface area (Å²) in [5, 5.41) is 21.1. The molecular formula is C14H10N4O5S. The molecule has 3 rings (SSSR count). The first-order valence-electron chi connectivity index (χ1n) is 6.58. The Bertz CT molecular complexity index is 1140. The Kier molecular flexibility index (Phi) is 3.62. The van der Waals surface area contributed by atoms with Gasteiger partial charge >= 0.3 is 0 Å². The molecule has 122 valence electrons. The molecule has 0 aliphatic heterocycles. The van der Waals surface area contributed by atoms with Crippen LogP contribution >= 0.6 is 0 Å². The van der Waals surface area contributed by atoms with Crippen LogP contribution in [0.15, 0.2) is 58.4 Å². The Morgan fingerprint density at radius 3 is 2.54 bits per heavy atom. The summed E-state index contributed by atoms with van der Waals surface area (Å²) in [5.74, 6) is 0. The van der Waals surface area contributed by atoms with E-state index < -0.39 is 31.1 Å². The van der Waals surface area contributed by atoms with Gasteiger partial charge in [-0.15, -0.1) is 0 Å². The van der Waals surface area contributed by atoms with E-state index in [0.717, 1.165) is 22.9 Å². The van der Waals surface area contributed by atoms with E-state index in [1.807, 2.05) is 0 Å². The van der Waals surface area contributed by atoms with Gasteiger partial charge in [-0.05, 0) is 18.2 Å². The number of nitrogens with zero attached hydrogens (tertiary/aromatic N) is 3. The third-order valence-corrected chi connectivity index (χ3v) is 4.31. The van der Waals surface area contributed by atoms with Gasteiger partial charge in [-0.25, -0.2) is 13.6 Å². The van der Waals surface area contributed by atoms with E-state index in [-0.39, 0.29) is 5.69 Å². The molecule has 0 spiro atoms. The lowest BCUT2D eigenvalue weighted by Crippen LogP contribution is -2.22. The molecule has 2 aromatic carbocycles. The Hall–Kier alpha value is -3.11. The fourth-order valence-electron chi connectivity index (χ4n) is 2.27. The molecule has 0 aliphatic carbocycles. The number of primary sulfonamides is 1. The molecule has 0 bridgehead atoms. The van der Waals surface area contributed by atoms with Crippen molar-refractivity contribution in [1.82, 2.24) is 9.78 Å². The number of nitro benzene ring substituents is 1. The van der Waals surface area contributed by atoms with Crippen LogP contribution < -0.4 is 10.7 Å². The molecule has 0 aliphatic rings. The Morgan fingerprint density at radius 1 is 1.17 bits per heavy atom. The van der Waals surface area contributed by atoms with Gasteiger partial charge in [0.25, 0.3) is 11.2 Å². The number of aromatic nitrogens is 2. The number of rotatable bonds is 3. The molecule has 1 aromatic heterocycles. The van der Waals surface area contributed by atoms with Crippen molar-refractivity contribution in [3.63, 3.8) is 0 Å². The quantitative estimate of drug-likeness (QED) is 0.553. The molecule has 9 nitrogen and oxygen atoms in total. The average molecular weight is 346 g/mol. The molecule has 0 amide bonds. The summed E-state index contributed by atoms with van der Waals surface area (Å²) in [6.45, 7) is 0. The number of sulfonamides is 1. The van der Waals surface area contributed by atoms with Crippen molar-refractivity contribution in [2.75, 3.05) is 0 Å². The van der Waals surface area contributed by atoms with Crippen LogP contribution in [-0.4, -0.2) is 23.1 Å². The number of nitrogens with two attached hydrogens (primary N) is 1. The largest absolute Gasteiger partial charge is 0.296 e. The SMILES string of the molecule is NS(=O)(=O)c1ccc(-n2ncc3ccccc3c2=O)c([N+](=O)[O-])c1. The molecule has 0 saturated heterocycles. The van der Waals surface area contributed by atoms with Crippen LogP contribution in [0.1, 0.15) is 0 Å². The number of hydrogen-bond donors (Lipinski definition) is 1. The molecule has 2 N–H and O–H groups in total. The summed E-state index contributed by atoms with van der Waals surface area (Å²) in [6, 6.07) is 9.66. The van der Waals surface area contributed by atoms with Crippen LogP contribution in [0.3, 0.4) is 0 Å². The minimum Gasteiger partial charge on any atom is -0.267 e. The van der Waals surface area contributed by atoms with Crippen molar-refractivity contribution in [3.8, 4) is 5.69 Å². The molecule has 0 radical (unpaired) electrons. The first-order chi connectivity index (χ1) is 11.3. The topological polar surface area (TPSA) is 138 Å². The first-order valence-corrected chi connectivity index (χ1v) is 8.12. The lowest BCUT2D eigenvalue weighted by Gasteiger charge is -2.07. The Labute approximate surface area is 135 Å². The van der Waals surface area contributed by atoms with E-state index in [1.165, 1.54) is 6.20 Å². The van der Waals surface area contributed by atoms with Crippen LogP contribution in [0.5, 0.6) is 0 Å². The van der Waals surface area contributed by atoms with Gasteiger partial charge in [0.1, 0.15) is 5.69 Å². The van der Waals surface area contributed by atoms with Crippen molar-refractivity contribution in [2.45, 2.75) is 4.90 Å². The zero-order valence-corrected chi connectivity index (χ0v) is 12.8. The van der Waals surface area contributed by atoms with E-state index in [2.05, 4.69) is 5.10 Å². The Morgan fingerprint density at radius 2 is 1.88 bits per heavy atom. The van der Waals surface area contributed by atoms with Crippen molar-refractivity contribution in [3.05, 3.63) is 69.1 Å². The summed E-state index contributed by atoms with van der Waals surface area (Å²) in [4.78, 5) is 22.6. The van der Waals surface area contributed by atoms with E-state index in [0.29, 0.717) is 10.8 Å². The molecule has 10 heteroatoms. The minimum absolute atomic E-state index is 0.150. The van der Waals surface area contributed by atoms with Crippen molar-refractivity contribution >= 4 is 26.5 Å². The molecule has 0 fully saturated rings. The zero-order valence-electron chi connectivity index (χ0n) is 12.0. The molecule has 3 aromatic rings. The minimum atomic E-state index is -4.11. The van der Waals surface area contributed by atoms with Gasteiger partial charge < -0.3 is 0 Å². The highest BCUT2D eigenvalue weighted by atomic mass is 32.2. The predicted octanol–water partition coefficient (Wildman–Crippen LogP) is 0.941. The normalized spacial score (nSPS) is 11.5. The monoisotopic (exact) mass is 346 g/mol. The third-order valence-electron chi connectivity index (χ3n) is 3.40. The smallest absolute Gasteiger partial charge is 0.267 e. The van der Waals surface area contributed by atoms with Crippen LogP contribution in [-0.2, 0) is 10.0 Å². The van der Waals surface area contributed by atoms with E-state index in [9.17, 15) is 23.3 Å². The van der Waals surface area contributed by atoms with Gasteiger partial charge in [-0.3, -0.25) is 14.9 Å². The summed E-state index contributed by atoms with van der Waals surface area (Å²) < 4.78 is 23.6. The molecule has 24 heavy (non-hydrogen) atoms. The van der Waals surface area contributed by atoms with Crippen LogP contribution in [0.25, 0.3) is 16.5 Å². The highest BCUT2D eigenvalue weighted by Gasteiger charge is 2.22. The van der Waals surface area contributed by atoms with Gasteiger partial charge in [0.15, 0.2) is 0 Å². The number of nitro groups is 1. The van der Waals surface area contributed by atoms with Crippen LogP contribution in [0.2, 0.25) is 0 Å². The molecule has 1 heterocycles. The maximum Gasteiger partial charge on any atom is 0.296 e. The van der Waals surface area contributed by atoms with Crippen LogP contribution in [0, 0.1) is 10.1 Å². The van der Waals surface area contributed by atoms with Crippen molar-refractivity contribution in [2.24, 2.45) is 5.14 Å². The second kappa shape index (κ2) is 5.51. The number of benzene rings is 2. The summed E-state index contributed by atoms with van der Waals surface area (Å²) in [5.41, 5.74) is -1.30. The van der Waals surface area contributed by atoms with E-state index in [4.69, 9.17) is 5.14 Å². The van der Waals surface area contributed by atoms with Crippen molar-refractivity contribution < 1.29 is 13.3 Å².